The van der Waals surface area contributed by atoms with Gasteiger partial charge in [0.25, 0.3) is 5.91 Å². The van der Waals surface area contributed by atoms with Crippen LogP contribution in [0.2, 0.25) is 0 Å². The Balaban J connectivity index is 1.79. The van der Waals surface area contributed by atoms with Crippen LogP contribution in [0.4, 0.5) is 5.13 Å². The summed E-state index contributed by atoms with van der Waals surface area (Å²) in [5.74, 6) is 0.140. The number of fused-ring (bicyclic) bond motifs is 1. The lowest BCUT2D eigenvalue weighted by atomic mass is 10.2. The molecule has 104 valence electrons. The van der Waals surface area contributed by atoms with Gasteiger partial charge in [-0.3, -0.25) is 14.5 Å². The van der Waals surface area contributed by atoms with E-state index < -0.39 is 0 Å². The smallest absolute Gasteiger partial charge is 0.277 e. The number of rotatable bonds is 3. The third kappa shape index (κ3) is 2.46. The molecule has 0 saturated carbocycles. The number of amides is 1. The van der Waals surface area contributed by atoms with Crippen LogP contribution in [-0.4, -0.2) is 20.3 Å². The van der Waals surface area contributed by atoms with E-state index in [-0.39, 0.29) is 5.91 Å². The van der Waals surface area contributed by atoms with Crippen LogP contribution in [0, 0.1) is 6.92 Å². The van der Waals surface area contributed by atoms with Crippen LogP contribution in [0.1, 0.15) is 40.8 Å². The van der Waals surface area contributed by atoms with Crippen molar-refractivity contribution in [1.82, 2.24) is 14.4 Å². The highest BCUT2D eigenvalue weighted by Gasteiger charge is 2.14. The third-order valence-electron chi connectivity index (χ3n) is 2.84. The zero-order valence-corrected chi connectivity index (χ0v) is 13.0. The van der Waals surface area contributed by atoms with E-state index in [0.29, 0.717) is 16.7 Å². The average molecular weight is 306 g/mol. The number of carbonyl (C=O) groups excluding carboxylic acids is 1. The van der Waals surface area contributed by atoms with Crippen LogP contribution in [0.5, 0.6) is 0 Å². The number of nitrogens with one attached hydrogen (secondary N) is 1. The molecule has 0 aliphatic carbocycles. The van der Waals surface area contributed by atoms with Gasteiger partial charge in [-0.15, -0.1) is 22.7 Å². The molecule has 0 atom stereocenters. The zero-order valence-electron chi connectivity index (χ0n) is 11.4. The van der Waals surface area contributed by atoms with E-state index in [1.165, 1.54) is 16.2 Å². The maximum Gasteiger partial charge on any atom is 0.277 e. The van der Waals surface area contributed by atoms with Crippen molar-refractivity contribution in [1.29, 1.82) is 0 Å². The van der Waals surface area contributed by atoms with Gasteiger partial charge in [-0.05, 0) is 12.8 Å². The molecule has 0 saturated heterocycles. The summed E-state index contributed by atoms with van der Waals surface area (Å²) in [4.78, 5) is 22.8. The highest BCUT2D eigenvalue weighted by molar-refractivity contribution is 7.17. The van der Waals surface area contributed by atoms with Gasteiger partial charge in [-0.1, -0.05) is 13.8 Å². The summed E-state index contributed by atoms with van der Waals surface area (Å²) >= 11 is 3.00. The van der Waals surface area contributed by atoms with E-state index in [9.17, 15) is 4.79 Å². The summed E-state index contributed by atoms with van der Waals surface area (Å²) in [7, 11) is 0. The number of hydrogen-bond acceptors (Lipinski definition) is 5. The number of nitrogens with zero attached hydrogens (tertiary/aromatic N) is 3. The van der Waals surface area contributed by atoms with E-state index in [0.717, 1.165) is 10.7 Å². The van der Waals surface area contributed by atoms with Crippen LogP contribution >= 0.6 is 22.7 Å². The molecule has 3 rings (SSSR count). The number of carbonyl (C=O) groups is 1. The molecular weight excluding hydrogens is 292 g/mol. The Hall–Kier alpha value is -1.73. The molecule has 0 bridgehead atoms. The van der Waals surface area contributed by atoms with E-state index in [1.54, 1.807) is 17.5 Å². The van der Waals surface area contributed by atoms with Crippen molar-refractivity contribution in [3.63, 3.8) is 0 Å². The van der Waals surface area contributed by atoms with Gasteiger partial charge in [0.2, 0.25) is 0 Å². The molecule has 0 aliphatic rings. The second kappa shape index (κ2) is 4.99. The minimum atomic E-state index is -0.219. The number of hydrogen-bond donors (Lipinski definition) is 1. The first kappa shape index (κ1) is 13.3. The molecule has 3 aromatic rings. The Morgan fingerprint density at radius 1 is 1.35 bits per heavy atom. The van der Waals surface area contributed by atoms with Crippen molar-refractivity contribution in [2.24, 2.45) is 0 Å². The number of aryl methyl sites for hydroxylation is 1. The fourth-order valence-electron chi connectivity index (χ4n) is 1.79. The molecule has 0 radical (unpaired) electrons. The SMILES string of the molecule is Cc1cn2cc(C(=O)Nc3nc(C(C)C)cs3)nc2s1. The summed E-state index contributed by atoms with van der Waals surface area (Å²) < 4.78 is 1.87. The Morgan fingerprint density at radius 2 is 2.15 bits per heavy atom. The number of anilines is 1. The fraction of sp³-hybridized carbons (Fsp3) is 0.308. The van der Waals surface area contributed by atoms with Crippen molar-refractivity contribution in [2.75, 3.05) is 5.32 Å². The van der Waals surface area contributed by atoms with Crippen LogP contribution in [0.25, 0.3) is 4.96 Å². The first-order valence-electron chi connectivity index (χ1n) is 6.25. The normalized spacial score (nSPS) is 11.4. The molecule has 1 N–H and O–H groups in total. The fourth-order valence-corrected chi connectivity index (χ4v) is 3.47. The van der Waals surface area contributed by atoms with Gasteiger partial charge in [0, 0.05) is 22.7 Å². The molecule has 0 aliphatic heterocycles. The van der Waals surface area contributed by atoms with Crippen molar-refractivity contribution in [3.05, 3.63) is 34.0 Å². The van der Waals surface area contributed by atoms with Crippen molar-refractivity contribution >= 4 is 38.7 Å². The topological polar surface area (TPSA) is 59.3 Å². The van der Waals surface area contributed by atoms with E-state index in [2.05, 4.69) is 29.1 Å². The molecule has 0 unspecified atom stereocenters. The van der Waals surface area contributed by atoms with Gasteiger partial charge in [0.15, 0.2) is 10.1 Å². The van der Waals surface area contributed by atoms with Crippen LogP contribution in [0.15, 0.2) is 17.8 Å². The molecule has 7 heteroatoms. The molecule has 5 nitrogen and oxygen atoms in total. The minimum Gasteiger partial charge on any atom is -0.297 e. The third-order valence-corrected chi connectivity index (χ3v) is 4.53. The molecule has 3 aromatic heterocycles. The average Bonchev–Trinajstić information content (AvgIpc) is 3.02. The Bertz CT molecular complexity index is 737. The predicted octanol–water partition coefficient (Wildman–Crippen LogP) is 3.54. The summed E-state index contributed by atoms with van der Waals surface area (Å²) in [5.41, 5.74) is 1.41. The van der Waals surface area contributed by atoms with Crippen molar-refractivity contribution < 1.29 is 4.79 Å². The van der Waals surface area contributed by atoms with Crippen molar-refractivity contribution in [2.45, 2.75) is 26.7 Å². The molecule has 0 spiro atoms. The first-order chi connectivity index (χ1) is 9.52. The van der Waals surface area contributed by atoms with Crippen LogP contribution < -0.4 is 5.32 Å². The molecular formula is C13H14N4OS2. The van der Waals surface area contributed by atoms with E-state index in [1.807, 2.05) is 22.9 Å². The quantitative estimate of drug-likeness (QED) is 0.805. The predicted molar refractivity (Wildman–Crippen MR) is 82.0 cm³/mol. The number of aromatic nitrogens is 3. The molecule has 0 aromatic carbocycles. The number of imidazole rings is 1. The van der Waals surface area contributed by atoms with Gasteiger partial charge in [-0.2, -0.15) is 0 Å². The van der Waals surface area contributed by atoms with Gasteiger partial charge in [0.1, 0.15) is 5.69 Å². The monoisotopic (exact) mass is 306 g/mol. The maximum absolute atomic E-state index is 12.1. The summed E-state index contributed by atoms with van der Waals surface area (Å²) in [6.07, 6.45) is 3.70. The lowest BCUT2D eigenvalue weighted by Gasteiger charge is -1.99. The number of thiazole rings is 2. The Labute approximate surface area is 124 Å². The summed E-state index contributed by atoms with van der Waals surface area (Å²) in [6, 6.07) is 0. The second-order valence-corrected chi connectivity index (χ2v) is 6.92. The highest BCUT2D eigenvalue weighted by Crippen LogP contribution is 2.22. The van der Waals surface area contributed by atoms with Gasteiger partial charge in [-0.25, -0.2) is 9.97 Å². The van der Waals surface area contributed by atoms with Gasteiger partial charge in [0.05, 0.1) is 5.69 Å². The lowest BCUT2D eigenvalue weighted by Crippen LogP contribution is -2.12. The summed E-state index contributed by atoms with van der Waals surface area (Å²) in [5, 5.41) is 5.38. The maximum atomic E-state index is 12.1. The molecule has 0 fully saturated rings. The lowest BCUT2D eigenvalue weighted by molar-refractivity contribution is 0.102. The molecule has 3 heterocycles. The van der Waals surface area contributed by atoms with Gasteiger partial charge >= 0.3 is 0 Å². The Kier molecular flexibility index (Phi) is 3.31. The van der Waals surface area contributed by atoms with E-state index >= 15 is 0 Å². The van der Waals surface area contributed by atoms with E-state index in [4.69, 9.17) is 0 Å². The Morgan fingerprint density at radius 3 is 2.80 bits per heavy atom. The van der Waals surface area contributed by atoms with Crippen LogP contribution in [-0.2, 0) is 0 Å². The largest absolute Gasteiger partial charge is 0.297 e. The molecule has 1 amide bonds. The highest BCUT2D eigenvalue weighted by atomic mass is 32.1. The first-order valence-corrected chi connectivity index (χ1v) is 7.94. The molecule has 20 heavy (non-hydrogen) atoms. The minimum absolute atomic E-state index is 0.219. The standard InChI is InChI=1S/C13H14N4OS2/c1-7(2)10-6-19-12(14-10)16-11(18)9-5-17-4-8(3)20-13(17)15-9/h4-7H,1-3H3,(H,14,16,18). The second-order valence-electron chi connectivity index (χ2n) is 4.84. The van der Waals surface area contributed by atoms with Crippen LogP contribution in [0.3, 0.4) is 0 Å². The zero-order chi connectivity index (χ0) is 14.3. The summed E-state index contributed by atoms with van der Waals surface area (Å²) in [6.45, 7) is 6.17. The van der Waals surface area contributed by atoms with Gasteiger partial charge < -0.3 is 0 Å². The van der Waals surface area contributed by atoms with Crippen molar-refractivity contribution in [3.8, 4) is 0 Å².